The molecule has 1 saturated heterocycles. The van der Waals surface area contributed by atoms with E-state index in [0.717, 1.165) is 36.0 Å². The van der Waals surface area contributed by atoms with Crippen LogP contribution in [0.15, 0.2) is 22.7 Å². The molecule has 0 aromatic heterocycles. The van der Waals surface area contributed by atoms with Gasteiger partial charge in [-0.1, -0.05) is 22.0 Å². The van der Waals surface area contributed by atoms with Crippen molar-refractivity contribution in [3.05, 3.63) is 33.8 Å². The predicted octanol–water partition coefficient (Wildman–Crippen LogP) is 2.25. The first kappa shape index (κ1) is 16.0. The van der Waals surface area contributed by atoms with E-state index in [0.29, 0.717) is 6.54 Å². The minimum absolute atomic E-state index is 0.130. The molecule has 2 N–H and O–H groups in total. The van der Waals surface area contributed by atoms with Crippen molar-refractivity contribution in [1.29, 1.82) is 0 Å². The fraction of sp³-hybridized carbons (Fsp3) is 0.467. The van der Waals surface area contributed by atoms with E-state index < -0.39 is 5.97 Å². The maximum Gasteiger partial charge on any atom is 0.335 e. The third-order valence-electron chi connectivity index (χ3n) is 3.69. The molecule has 1 atom stereocenters. The lowest BCUT2D eigenvalue weighted by atomic mass is 10.1. The van der Waals surface area contributed by atoms with Crippen molar-refractivity contribution in [3.63, 3.8) is 0 Å². The summed E-state index contributed by atoms with van der Waals surface area (Å²) in [5, 5.41) is 12.1. The summed E-state index contributed by atoms with van der Waals surface area (Å²) in [6.45, 7) is 4.07. The van der Waals surface area contributed by atoms with Crippen LogP contribution in [0.4, 0.5) is 0 Å². The summed E-state index contributed by atoms with van der Waals surface area (Å²) >= 11 is 3.37. The van der Waals surface area contributed by atoms with Crippen LogP contribution < -0.4 is 5.32 Å². The van der Waals surface area contributed by atoms with Gasteiger partial charge in [0.2, 0.25) is 5.91 Å². The first-order valence-electron chi connectivity index (χ1n) is 7.03. The Morgan fingerprint density at radius 3 is 2.62 bits per heavy atom. The highest BCUT2D eigenvalue weighted by atomic mass is 79.9. The van der Waals surface area contributed by atoms with E-state index in [4.69, 9.17) is 5.11 Å². The number of benzene rings is 1. The summed E-state index contributed by atoms with van der Waals surface area (Å²) in [6.07, 6.45) is 2.17. The Kier molecular flexibility index (Phi) is 5.36. The number of likely N-dealkylation sites (tertiary alicyclic amines) is 1. The van der Waals surface area contributed by atoms with Gasteiger partial charge in [-0.25, -0.2) is 4.79 Å². The summed E-state index contributed by atoms with van der Waals surface area (Å²) in [5.41, 5.74) is 1.17. The number of nitrogens with one attached hydrogen (secondary N) is 1. The van der Waals surface area contributed by atoms with Crippen molar-refractivity contribution < 1.29 is 14.7 Å². The van der Waals surface area contributed by atoms with Crippen LogP contribution in [0.2, 0.25) is 0 Å². The third kappa shape index (κ3) is 4.04. The van der Waals surface area contributed by atoms with E-state index in [1.807, 2.05) is 11.8 Å². The monoisotopic (exact) mass is 354 g/mol. The number of rotatable bonds is 5. The zero-order valence-corrected chi connectivity index (χ0v) is 13.5. The molecule has 21 heavy (non-hydrogen) atoms. The van der Waals surface area contributed by atoms with Crippen molar-refractivity contribution in [2.45, 2.75) is 32.4 Å². The molecule has 0 bridgehead atoms. The standard InChI is InChI=1S/C15H19BrN2O3/c1-10(14(19)18-6-2-3-7-18)17-9-12-5-4-11(15(20)21)8-13(12)16/h4-5,8,10,17H,2-3,6-7,9H2,1H3,(H,20,21). The van der Waals surface area contributed by atoms with Gasteiger partial charge >= 0.3 is 5.97 Å². The van der Waals surface area contributed by atoms with E-state index in [2.05, 4.69) is 21.2 Å². The zero-order chi connectivity index (χ0) is 15.4. The minimum atomic E-state index is -0.951. The summed E-state index contributed by atoms with van der Waals surface area (Å²) in [6, 6.07) is 4.66. The number of hydrogen-bond donors (Lipinski definition) is 2. The topological polar surface area (TPSA) is 69.6 Å². The Balaban J connectivity index is 1.93. The molecule has 1 aromatic rings. The second-order valence-electron chi connectivity index (χ2n) is 5.25. The molecule has 0 spiro atoms. The average Bonchev–Trinajstić information content (AvgIpc) is 2.98. The molecule has 114 valence electrons. The summed E-state index contributed by atoms with van der Waals surface area (Å²) in [4.78, 5) is 24.9. The minimum Gasteiger partial charge on any atom is -0.478 e. The van der Waals surface area contributed by atoms with Crippen LogP contribution in [0.5, 0.6) is 0 Å². The molecular weight excluding hydrogens is 336 g/mol. The number of carboxylic acid groups (broad SMARTS) is 1. The van der Waals surface area contributed by atoms with Crippen LogP contribution in [-0.4, -0.2) is 41.0 Å². The lowest BCUT2D eigenvalue weighted by Gasteiger charge is -2.21. The van der Waals surface area contributed by atoms with Gasteiger partial charge in [0, 0.05) is 24.1 Å². The Bertz CT molecular complexity index is 542. The van der Waals surface area contributed by atoms with E-state index in [9.17, 15) is 9.59 Å². The average molecular weight is 355 g/mol. The molecule has 1 aliphatic heterocycles. The van der Waals surface area contributed by atoms with Crippen LogP contribution in [0.25, 0.3) is 0 Å². The van der Waals surface area contributed by atoms with Crippen molar-refractivity contribution in [2.24, 2.45) is 0 Å². The summed E-state index contributed by atoms with van der Waals surface area (Å²) in [7, 11) is 0. The Labute approximate surface area is 132 Å². The number of amides is 1. The highest BCUT2D eigenvalue weighted by Gasteiger charge is 2.22. The van der Waals surface area contributed by atoms with Gasteiger partial charge in [-0.3, -0.25) is 4.79 Å². The van der Waals surface area contributed by atoms with E-state index >= 15 is 0 Å². The normalized spacial score (nSPS) is 16.0. The molecule has 5 nitrogen and oxygen atoms in total. The number of halogens is 1. The molecule has 0 aliphatic carbocycles. The SMILES string of the molecule is CC(NCc1ccc(C(=O)O)cc1Br)C(=O)N1CCCC1. The number of carbonyl (C=O) groups is 2. The molecular formula is C15H19BrN2O3. The number of hydrogen-bond acceptors (Lipinski definition) is 3. The number of aromatic carboxylic acids is 1. The third-order valence-corrected chi connectivity index (χ3v) is 4.43. The molecule has 6 heteroatoms. The molecule has 0 saturated carbocycles. The van der Waals surface area contributed by atoms with Crippen molar-refractivity contribution >= 4 is 27.8 Å². The predicted molar refractivity (Wildman–Crippen MR) is 83.2 cm³/mol. The van der Waals surface area contributed by atoms with Gasteiger partial charge in [-0.15, -0.1) is 0 Å². The summed E-state index contributed by atoms with van der Waals surface area (Å²) < 4.78 is 0.732. The van der Waals surface area contributed by atoms with Crippen LogP contribution in [0.1, 0.15) is 35.7 Å². The molecule has 1 aliphatic rings. The van der Waals surface area contributed by atoms with Gasteiger partial charge in [-0.05, 0) is 37.5 Å². The Hall–Kier alpha value is -1.40. The largest absolute Gasteiger partial charge is 0.478 e. The van der Waals surface area contributed by atoms with E-state index in [1.54, 1.807) is 18.2 Å². The van der Waals surface area contributed by atoms with Crippen LogP contribution >= 0.6 is 15.9 Å². The van der Waals surface area contributed by atoms with Crippen LogP contribution in [0.3, 0.4) is 0 Å². The molecule has 1 heterocycles. The Morgan fingerprint density at radius 1 is 1.38 bits per heavy atom. The van der Waals surface area contributed by atoms with E-state index in [1.165, 1.54) is 0 Å². The quantitative estimate of drug-likeness (QED) is 0.850. The zero-order valence-electron chi connectivity index (χ0n) is 11.9. The summed E-state index contributed by atoms with van der Waals surface area (Å²) in [5.74, 6) is -0.821. The van der Waals surface area contributed by atoms with Crippen LogP contribution in [-0.2, 0) is 11.3 Å². The highest BCUT2D eigenvalue weighted by Crippen LogP contribution is 2.19. The van der Waals surface area contributed by atoms with Gasteiger partial charge < -0.3 is 15.3 Å². The van der Waals surface area contributed by atoms with E-state index in [-0.39, 0.29) is 17.5 Å². The molecule has 0 radical (unpaired) electrons. The maximum atomic E-state index is 12.2. The smallest absolute Gasteiger partial charge is 0.335 e. The Morgan fingerprint density at radius 2 is 2.05 bits per heavy atom. The molecule has 1 unspecified atom stereocenters. The maximum absolute atomic E-state index is 12.2. The second-order valence-corrected chi connectivity index (χ2v) is 6.10. The fourth-order valence-electron chi connectivity index (χ4n) is 2.39. The van der Waals surface area contributed by atoms with Gasteiger partial charge in [0.25, 0.3) is 0 Å². The fourth-order valence-corrected chi connectivity index (χ4v) is 2.90. The first-order valence-corrected chi connectivity index (χ1v) is 7.82. The van der Waals surface area contributed by atoms with Crippen LogP contribution in [0, 0.1) is 0 Å². The van der Waals surface area contributed by atoms with Gasteiger partial charge in [0.15, 0.2) is 0 Å². The van der Waals surface area contributed by atoms with Crippen molar-refractivity contribution in [3.8, 4) is 0 Å². The molecule has 1 aromatic carbocycles. The number of nitrogens with zero attached hydrogens (tertiary/aromatic N) is 1. The number of carbonyl (C=O) groups excluding carboxylic acids is 1. The second kappa shape index (κ2) is 7.04. The molecule has 1 amide bonds. The van der Waals surface area contributed by atoms with Gasteiger partial charge in [0.1, 0.15) is 0 Å². The van der Waals surface area contributed by atoms with Crippen molar-refractivity contribution in [2.75, 3.05) is 13.1 Å². The van der Waals surface area contributed by atoms with Crippen molar-refractivity contribution in [1.82, 2.24) is 10.2 Å². The van der Waals surface area contributed by atoms with Gasteiger partial charge in [0.05, 0.1) is 11.6 Å². The lowest BCUT2D eigenvalue weighted by molar-refractivity contribution is -0.131. The molecule has 1 fully saturated rings. The highest BCUT2D eigenvalue weighted by molar-refractivity contribution is 9.10. The molecule has 2 rings (SSSR count). The van der Waals surface area contributed by atoms with Gasteiger partial charge in [-0.2, -0.15) is 0 Å². The first-order chi connectivity index (χ1) is 9.99. The lowest BCUT2D eigenvalue weighted by Crippen LogP contribution is -2.43. The number of carboxylic acids is 1.